The lowest BCUT2D eigenvalue weighted by atomic mass is 10.0. The number of nitrogen functional groups attached to an aromatic ring is 1. The van der Waals surface area contributed by atoms with Crippen molar-refractivity contribution in [1.29, 1.82) is 0 Å². The van der Waals surface area contributed by atoms with Gasteiger partial charge in [0.1, 0.15) is 5.78 Å². The molecule has 0 radical (unpaired) electrons. The van der Waals surface area contributed by atoms with Crippen LogP contribution in [0.25, 0.3) is 0 Å². The number of aryl methyl sites for hydroxylation is 1. The quantitative estimate of drug-likeness (QED) is 0.822. The number of rotatable bonds is 6. The van der Waals surface area contributed by atoms with Crippen molar-refractivity contribution < 1.29 is 4.79 Å². The van der Waals surface area contributed by atoms with E-state index in [0.29, 0.717) is 18.9 Å². The molecule has 0 aliphatic rings. The molecule has 4 nitrogen and oxygen atoms in total. The lowest BCUT2D eigenvalue weighted by molar-refractivity contribution is -0.118. The summed E-state index contributed by atoms with van der Waals surface area (Å²) in [5, 5.41) is 4.39. The summed E-state index contributed by atoms with van der Waals surface area (Å²) in [6.45, 7) is 4.14. The number of carbonyl (C=O) groups excluding carboxylic acids is 1. The standard InChI is InChI=1S/C16H21N3O/c1-12(2)19-9-8-15(18-19)11-16(20)7-6-13-4-3-5-14(17)10-13/h3-5,8-10,12H,6-7,11,17H2,1-2H3. The van der Waals surface area contributed by atoms with Crippen LogP contribution in [0, 0.1) is 0 Å². The molecule has 0 saturated carbocycles. The Kier molecular flexibility index (Phi) is 4.56. The Morgan fingerprint density at radius 2 is 2.15 bits per heavy atom. The molecule has 2 aromatic rings. The van der Waals surface area contributed by atoms with Crippen LogP contribution in [-0.4, -0.2) is 15.6 Å². The van der Waals surface area contributed by atoms with Crippen LogP contribution < -0.4 is 5.73 Å². The Hall–Kier alpha value is -2.10. The Balaban J connectivity index is 1.86. The van der Waals surface area contributed by atoms with Crippen molar-refractivity contribution in [3.05, 3.63) is 47.8 Å². The number of aromatic nitrogens is 2. The summed E-state index contributed by atoms with van der Waals surface area (Å²) >= 11 is 0. The molecule has 1 aromatic heterocycles. The topological polar surface area (TPSA) is 60.9 Å². The van der Waals surface area contributed by atoms with Crippen LogP contribution in [0.1, 0.15) is 37.6 Å². The van der Waals surface area contributed by atoms with Crippen molar-refractivity contribution in [2.45, 2.75) is 39.2 Å². The van der Waals surface area contributed by atoms with E-state index in [0.717, 1.165) is 23.4 Å². The van der Waals surface area contributed by atoms with E-state index in [9.17, 15) is 4.79 Å². The van der Waals surface area contributed by atoms with Gasteiger partial charge in [-0.3, -0.25) is 9.48 Å². The Bertz CT molecular complexity index is 587. The molecule has 0 aliphatic heterocycles. The second kappa shape index (κ2) is 6.37. The molecule has 2 rings (SSSR count). The number of carbonyl (C=O) groups is 1. The Labute approximate surface area is 119 Å². The van der Waals surface area contributed by atoms with E-state index in [1.54, 1.807) is 0 Å². The van der Waals surface area contributed by atoms with Crippen molar-refractivity contribution in [2.75, 3.05) is 5.73 Å². The van der Waals surface area contributed by atoms with Gasteiger partial charge in [0.05, 0.1) is 12.1 Å². The molecule has 0 bridgehead atoms. The monoisotopic (exact) mass is 271 g/mol. The molecular formula is C16H21N3O. The number of anilines is 1. The predicted molar refractivity (Wildman–Crippen MR) is 80.5 cm³/mol. The van der Waals surface area contributed by atoms with Gasteiger partial charge in [0, 0.05) is 24.3 Å². The molecule has 2 N–H and O–H groups in total. The number of hydrogen-bond acceptors (Lipinski definition) is 3. The van der Waals surface area contributed by atoms with Crippen molar-refractivity contribution in [2.24, 2.45) is 0 Å². The minimum atomic E-state index is 0.210. The van der Waals surface area contributed by atoms with E-state index >= 15 is 0 Å². The summed E-state index contributed by atoms with van der Waals surface area (Å²) in [5.74, 6) is 0.210. The number of ketones is 1. The first-order valence-electron chi connectivity index (χ1n) is 6.95. The smallest absolute Gasteiger partial charge is 0.139 e. The predicted octanol–water partition coefficient (Wildman–Crippen LogP) is 2.79. The van der Waals surface area contributed by atoms with Crippen molar-refractivity contribution in [3.8, 4) is 0 Å². The maximum Gasteiger partial charge on any atom is 0.139 e. The maximum absolute atomic E-state index is 12.0. The van der Waals surface area contributed by atoms with Gasteiger partial charge < -0.3 is 5.73 Å². The zero-order chi connectivity index (χ0) is 14.5. The highest BCUT2D eigenvalue weighted by atomic mass is 16.1. The number of nitrogens with zero attached hydrogens (tertiary/aromatic N) is 2. The third-order valence-corrected chi connectivity index (χ3v) is 3.21. The van der Waals surface area contributed by atoms with Crippen molar-refractivity contribution in [3.63, 3.8) is 0 Å². The molecule has 0 amide bonds. The van der Waals surface area contributed by atoms with Gasteiger partial charge in [0.15, 0.2) is 0 Å². The van der Waals surface area contributed by atoms with E-state index in [2.05, 4.69) is 18.9 Å². The van der Waals surface area contributed by atoms with E-state index < -0.39 is 0 Å². The van der Waals surface area contributed by atoms with Gasteiger partial charge >= 0.3 is 0 Å². The highest BCUT2D eigenvalue weighted by Gasteiger charge is 2.08. The fourth-order valence-corrected chi connectivity index (χ4v) is 2.08. The minimum Gasteiger partial charge on any atom is -0.399 e. The molecule has 0 atom stereocenters. The van der Waals surface area contributed by atoms with Crippen LogP contribution in [0.4, 0.5) is 5.69 Å². The van der Waals surface area contributed by atoms with Crippen molar-refractivity contribution in [1.82, 2.24) is 9.78 Å². The molecule has 0 saturated heterocycles. The second-order valence-corrected chi connectivity index (χ2v) is 5.34. The van der Waals surface area contributed by atoms with Gasteiger partial charge in [-0.15, -0.1) is 0 Å². The van der Waals surface area contributed by atoms with Crippen LogP contribution in [0.15, 0.2) is 36.5 Å². The highest BCUT2D eigenvalue weighted by molar-refractivity contribution is 5.80. The van der Waals surface area contributed by atoms with Gasteiger partial charge in [-0.05, 0) is 44.0 Å². The van der Waals surface area contributed by atoms with Crippen LogP contribution in [0.2, 0.25) is 0 Å². The van der Waals surface area contributed by atoms with Crippen LogP contribution >= 0.6 is 0 Å². The van der Waals surface area contributed by atoms with Gasteiger partial charge in [-0.1, -0.05) is 12.1 Å². The number of benzene rings is 1. The van der Waals surface area contributed by atoms with Crippen LogP contribution in [0.3, 0.4) is 0 Å². The van der Waals surface area contributed by atoms with Gasteiger partial charge in [0.2, 0.25) is 0 Å². The van der Waals surface area contributed by atoms with E-state index in [4.69, 9.17) is 5.73 Å². The fraction of sp³-hybridized carbons (Fsp3) is 0.375. The summed E-state index contributed by atoms with van der Waals surface area (Å²) in [5.41, 5.74) is 8.41. The Morgan fingerprint density at radius 3 is 2.80 bits per heavy atom. The van der Waals surface area contributed by atoms with Gasteiger partial charge in [-0.25, -0.2) is 0 Å². The minimum absolute atomic E-state index is 0.210. The average molecular weight is 271 g/mol. The molecule has 0 spiro atoms. The molecular weight excluding hydrogens is 250 g/mol. The molecule has 1 heterocycles. The zero-order valence-corrected chi connectivity index (χ0v) is 12.0. The summed E-state index contributed by atoms with van der Waals surface area (Å²) in [7, 11) is 0. The normalized spacial score (nSPS) is 10.9. The SMILES string of the molecule is CC(C)n1ccc(CC(=O)CCc2cccc(N)c2)n1. The van der Waals surface area contributed by atoms with E-state index in [1.165, 1.54) is 0 Å². The maximum atomic E-state index is 12.0. The second-order valence-electron chi connectivity index (χ2n) is 5.34. The summed E-state index contributed by atoms with van der Waals surface area (Å²) in [4.78, 5) is 12.0. The average Bonchev–Trinajstić information content (AvgIpc) is 2.85. The summed E-state index contributed by atoms with van der Waals surface area (Å²) < 4.78 is 1.88. The first kappa shape index (κ1) is 14.3. The number of nitrogens with two attached hydrogens (primary N) is 1. The molecule has 0 aliphatic carbocycles. The third-order valence-electron chi connectivity index (χ3n) is 3.21. The number of Topliss-reactive ketones (excluding diaryl/α,β-unsaturated/α-hetero) is 1. The van der Waals surface area contributed by atoms with E-state index in [-0.39, 0.29) is 5.78 Å². The molecule has 4 heteroatoms. The molecule has 106 valence electrons. The zero-order valence-electron chi connectivity index (χ0n) is 12.0. The molecule has 20 heavy (non-hydrogen) atoms. The third kappa shape index (κ3) is 3.95. The lowest BCUT2D eigenvalue weighted by Crippen LogP contribution is -2.07. The fourth-order valence-electron chi connectivity index (χ4n) is 2.08. The summed E-state index contributed by atoms with van der Waals surface area (Å²) in [6.07, 6.45) is 3.58. The lowest BCUT2D eigenvalue weighted by Gasteiger charge is -2.04. The first-order valence-corrected chi connectivity index (χ1v) is 6.95. The summed E-state index contributed by atoms with van der Waals surface area (Å²) in [6, 6.07) is 9.92. The van der Waals surface area contributed by atoms with Crippen LogP contribution in [-0.2, 0) is 17.6 Å². The van der Waals surface area contributed by atoms with Crippen LogP contribution in [0.5, 0.6) is 0 Å². The van der Waals surface area contributed by atoms with E-state index in [1.807, 2.05) is 41.2 Å². The molecule has 1 aromatic carbocycles. The molecule has 0 unspecified atom stereocenters. The Morgan fingerprint density at radius 1 is 1.35 bits per heavy atom. The van der Waals surface area contributed by atoms with Crippen molar-refractivity contribution >= 4 is 11.5 Å². The van der Waals surface area contributed by atoms with Gasteiger partial charge in [-0.2, -0.15) is 5.10 Å². The van der Waals surface area contributed by atoms with Gasteiger partial charge in [0.25, 0.3) is 0 Å². The largest absolute Gasteiger partial charge is 0.399 e. The number of hydrogen-bond donors (Lipinski definition) is 1. The first-order chi connectivity index (χ1) is 9.54. The highest BCUT2D eigenvalue weighted by Crippen LogP contribution is 2.10. The molecule has 0 fully saturated rings.